The third-order valence-corrected chi connectivity index (χ3v) is 6.06. The molecular formula is C22H22FN5. The van der Waals surface area contributed by atoms with Crippen molar-refractivity contribution >= 4 is 17.0 Å². The molecule has 0 saturated carbocycles. The van der Waals surface area contributed by atoms with Crippen LogP contribution in [-0.4, -0.2) is 34.9 Å². The second-order valence-corrected chi connectivity index (χ2v) is 7.76. The van der Waals surface area contributed by atoms with Gasteiger partial charge >= 0.3 is 0 Å². The molecule has 1 fully saturated rings. The van der Waals surface area contributed by atoms with Crippen molar-refractivity contribution < 1.29 is 4.39 Å². The number of anilines is 1. The van der Waals surface area contributed by atoms with E-state index in [4.69, 9.17) is 10.7 Å². The summed E-state index contributed by atoms with van der Waals surface area (Å²) < 4.78 is 16.2. The van der Waals surface area contributed by atoms with Crippen molar-refractivity contribution in [3.05, 3.63) is 59.2 Å². The molecule has 0 radical (unpaired) electrons. The minimum Gasteiger partial charge on any atom is -0.340 e. The normalized spacial score (nSPS) is 24.3. The van der Waals surface area contributed by atoms with E-state index >= 15 is 0 Å². The molecule has 0 bridgehead atoms. The van der Waals surface area contributed by atoms with Crippen LogP contribution >= 0.6 is 0 Å². The van der Waals surface area contributed by atoms with E-state index < -0.39 is 12.2 Å². The monoisotopic (exact) mass is 375 g/mol. The van der Waals surface area contributed by atoms with E-state index in [-0.39, 0.29) is 6.04 Å². The summed E-state index contributed by atoms with van der Waals surface area (Å²) in [5, 5.41) is 9.21. The average Bonchev–Trinajstić information content (AvgIpc) is 3.30. The fourth-order valence-corrected chi connectivity index (χ4v) is 4.63. The first-order valence-corrected chi connectivity index (χ1v) is 9.80. The highest BCUT2D eigenvalue weighted by atomic mass is 19.1. The number of halogens is 1. The zero-order chi connectivity index (χ0) is 19.3. The Morgan fingerprint density at radius 1 is 1.18 bits per heavy atom. The molecule has 2 aliphatic rings. The zero-order valence-corrected chi connectivity index (χ0v) is 15.6. The number of fused-ring (bicyclic) bond motifs is 2. The van der Waals surface area contributed by atoms with Crippen molar-refractivity contribution in [3.63, 3.8) is 0 Å². The summed E-state index contributed by atoms with van der Waals surface area (Å²) >= 11 is 0. The Kier molecular flexibility index (Phi) is 4.06. The topological polar surface area (TPSA) is 70.9 Å². The Morgan fingerprint density at radius 3 is 2.86 bits per heavy atom. The molecule has 5 rings (SSSR count). The average molecular weight is 375 g/mol. The summed E-state index contributed by atoms with van der Waals surface area (Å²) in [6, 6.07) is 16.0. The summed E-state index contributed by atoms with van der Waals surface area (Å²) in [7, 11) is 0. The van der Waals surface area contributed by atoms with Gasteiger partial charge in [-0.25, -0.2) is 9.37 Å². The van der Waals surface area contributed by atoms with Gasteiger partial charge < -0.3 is 15.2 Å². The van der Waals surface area contributed by atoms with Crippen LogP contribution in [0.25, 0.3) is 11.0 Å². The first kappa shape index (κ1) is 17.2. The van der Waals surface area contributed by atoms with E-state index in [1.54, 1.807) is 0 Å². The van der Waals surface area contributed by atoms with Gasteiger partial charge in [-0.05, 0) is 54.7 Å². The van der Waals surface area contributed by atoms with Crippen molar-refractivity contribution in [2.24, 2.45) is 5.73 Å². The van der Waals surface area contributed by atoms with Crippen LogP contribution < -0.4 is 10.6 Å². The minimum atomic E-state index is -0.953. The second kappa shape index (κ2) is 6.61. The SMILES string of the molecule is N#Cc1ccc2c(c1)CC[C@@H]2n1c(N2CC[C@@H](F)[C@H](N)C2)nc2ccccc21. The molecule has 142 valence electrons. The summed E-state index contributed by atoms with van der Waals surface area (Å²) in [6.45, 7) is 1.09. The number of nitriles is 1. The molecule has 1 aliphatic carbocycles. The number of benzene rings is 2. The maximum atomic E-state index is 13.9. The van der Waals surface area contributed by atoms with Gasteiger partial charge in [0.25, 0.3) is 0 Å². The number of hydrogen-bond acceptors (Lipinski definition) is 4. The van der Waals surface area contributed by atoms with Crippen LogP contribution in [0.2, 0.25) is 0 Å². The number of aryl methyl sites for hydroxylation is 1. The number of nitrogens with zero attached hydrogens (tertiary/aromatic N) is 4. The summed E-state index contributed by atoms with van der Waals surface area (Å²) in [5.41, 5.74) is 11.2. The molecule has 6 heteroatoms. The molecule has 0 amide bonds. The lowest BCUT2D eigenvalue weighted by Gasteiger charge is -2.35. The zero-order valence-electron chi connectivity index (χ0n) is 15.6. The molecule has 1 saturated heterocycles. The van der Waals surface area contributed by atoms with Crippen molar-refractivity contribution in [1.82, 2.24) is 9.55 Å². The van der Waals surface area contributed by atoms with Gasteiger partial charge in [-0.15, -0.1) is 0 Å². The van der Waals surface area contributed by atoms with Crippen LogP contribution in [0.4, 0.5) is 10.3 Å². The van der Waals surface area contributed by atoms with Crippen molar-refractivity contribution in [2.75, 3.05) is 18.0 Å². The predicted molar refractivity (Wildman–Crippen MR) is 107 cm³/mol. The fraction of sp³-hybridized carbons (Fsp3) is 0.364. The van der Waals surface area contributed by atoms with Crippen LogP contribution in [0.15, 0.2) is 42.5 Å². The Morgan fingerprint density at radius 2 is 2.04 bits per heavy atom. The lowest BCUT2D eigenvalue weighted by Crippen LogP contribution is -2.50. The first-order valence-electron chi connectivity index (χ1n) is 9.80. The molecule has 3 atom stereocenters. The lowest BCUT2D eigenvalue weighted by atomic mass is 10.0. The smallest absolute Gasteiger partial charge is 0.207 e. The molecule has 1 aromatic heterocycles. The van der Waals surface area contributed by atoms with Gasteiger partial charge in [0, 0.05) is 13.1 Å². The molecule has 1 aliphatic heterocycles. The van der Waals surface area contributed by atoms with Gasteiger partial charge in [-0.1, -0.05) is 18.2 Å². The van der Waals surface area contributed by atoms with Crippen LogP contribution in [-0.2, 0) is 6.42 Å². The van der Waals surface area contributed by atoms with Crippen molar-refractivity contribution in [3.8, 4) is 6.07 Å². The maximum absolute atomic E-state index is 13.9. The number of para-hydroxylation sites is 2. The van der Waals surface area contributed by atoms with Gasteiger partial charge in [0.15, 0.2) is 0 Å². The van der Waals surface area contributed by atoms with Crippen LogP contribution in [0, 0.1) is 11.3 Å². The first-order chi connectivity index (χ1) is 13.7. The third-order valence-electron chi connectivity index (χ3n) is 6.06. The van der Waals surface area contributed by atoms with Gasteiger partial charge in [0.2, 0.25) is 5.95 Å². The number of piperidine rings is 1. The Balaban J connectivity index is 1.63. The largest absolute Gasteiger partial charge is 0.340 e. The van der Waals surface area contributed by atoms with E-state index in [2.05, 4.69) is 27.7 Å². The van der Waals surface area contributed by atoms with E-state index in [9.17, 15) is 9.65 Å². The third kappa shape index (κ3) is 2.66. The Labute approximate surface area is 163 Å². The minimum absolute atomic E-state index is 0.157. The van der Waals surface area contributed by atoms with E-state index in [1.807, 2.05) is 30.3 Å². The number of hydrogen-bond donors (Lipinski definition) is 1. The van der Waals surface area contributed by atoms with Gasteiger partial charge in [-0.2, -0.15) is 5.26 Å². The van der Waals surface area contributed by atoms with Gasteiger partial charge in [0.05, 0.1) is 34.7 Å². The molecule has 2 N–H and O–H groups in total. The highest BCUT2D eigenvalue weighted by molar-refractivity contribution is 5.79. The number of alkyl halides is 1. The molecule has 28 heavy (non-hydrogen) atoms. The standard InChI is InChI=1S/C22H22FN5/c23-17-9-10-27(13-18(17)25)22-26-19-3-1-2-4-21(19)28(22)20-8-6-15-11-14(12-24)5-7-16(15)20/h1-5,7,11,17-18,20H,6,8-10,13,25H2/t17-,18-,20+/m1/s1. The van der Waals surface area contributed by atoms with Crippen molar-refractivity contribution in [2.45, 2.75) is 37.5 Å². The Bertz CT molecular complexity index is 1080. The van der Waals surface area contributed by atoms with Gasteiger partial charge in [-0.3, -0.25) is 0 Å². The highest BCUT2D eigenvalue weighted by Crippen LogP contribution is 2.40. The van der Waals surface area contributed by atoms with Crippen LogP contribution in [0.1, 0.15) is 35.6 Å². The second-order valence-electron chi connectivity index (χ2n) is 7.76. The molecular weight excluding hydrogens is 353 g/mol. The van der Waals surface area contributed by atoms with E-state index in [0.717, 1.165) is 29.8 Å². The molecule has 3 aromatic rings. The maximum Gasteiger partial charge on any atom is 0.207 e. The fourth-order valence-electron chi connectivity index (χ4n) is 4.63. The molecule has 0 unspecified atom stereocenters. The molecule has 5 nitrogen and oxygen atoms in total. The molecule has 0 spiro atoms. The van der Waals surface area contributed by atoms with E-state index in [1.165, 1.54) is 11.1 Å². The van der Waals surface area contributed by atoms with Gasteiger partial charge in [0.1, 0.15) is 6.17 Å². The Hall–Kier alpha value is -2.91. The van der Waals surface area contributed by atoms with Crippen LogP contribution in [0.5, 0.6) is 0 Å². The highest BCUT2D eigenvalue weighted by Gasteiger charge is 2.33. The predicted octanol–water partition coefficient (Wildman–Crippen LogP) is 3.32. The molecule has 2 aromatic carbocycles. The summed E-state index contributed by atoms with van der Waals surface area (Å²) in [5.74, 6) is 0.866. The number of imidazole rings is 1. The summed E-state index contributed by atoms with van der Waals surface area (Å²) in [4.78, 5) is 7.03. The number of aromatic nitrogens is 2. The number of nitrogens with two attached hydrogens (primary N) is 1. The summed E-state index contributed by atoms with van der Waals surface area (Å²) in [6.07, 6.45) is 1.37. The molecule has 2 heterocycles. The van der Waals surface area contributed by atoms with E-state index in [0.29, 0.717) is 25.1 Å². The number of rotatable bonds is 2. The quantitative estimate of drug-likeness (QED) is 0.746. The van der Waals surface area contributed by atoms with Crippen LogP contribution in [0.3, 0.4) is 0 Å². The van der Waals surface area contributed by atoms with Crippen molar-refractivity contribution in [1.29, 1.82) is 5.26 Å². The lowest BCUT2D eigenvalue weighted by molar-refractivity contribution is 0.243.